The van der Waals surface area contributed by atoms with Crippen LogP contribution in [0, 0.1) is 0 Å². The molecule has 1 saturated heterocycles. The van der Waals surface area contributed by atoms with Crippen LogP contribution in [-0.2, 0) is 14.3 Å². The molecule has 6 atom stereocenters. The van der Waals surface area contributed by atoms with E-state index in [0.29, 0.717) is 0 Å². The highest BCUT2D eigenvalue weighted by molar-refractivity contribution is 5.75. The van der Waals surface area contributed by atoms with Gasteiger partial charge in [0.25, 0.3) is 5.79 Å². The smallest absolute Gasteiger partial charge is 0.407 e. The van der Waals surface area contributed by atoms with E-state index in [1.54, 1.807) is 0 Å². The number of aliphatic hydroxyl groups is 5. The lowest BCUT2D eigenvalue weighted by Crippen LogP contribution is -2.67. The molecular formula is C11H19NO10. The molecule has 0 radical (unpaired) electrons. The fraction of sp³-hybridized carbons (Fsp3) is 0.818. The zero-order chi connectivity index (χ0) is 17.1. The molecule has 128 valence electrons. The summed E-state index contributed by atoms with van der Waals surface area (Å²) in [6.45, 7) is -0.895. The van der Waals surface area contributed by atoms with Gasteiger partial charge < -0.3 is 45.4 Å². The van der Waals surface area contributed by atoms with E-state index in [9.17, 15) is 30.0 Å². The maximum Gasteiger partial charge on any atom is 0.407 e. The number of hydrogen-bond donors (Lipinski definition) is 7. The molecule has 1 fully saturated rings. The number of hydrogen-bond acceptors (Lipinski definition) is 9. The van der Waals surface area contributed by atoms with Gasteiger partial charge in [0.1, 0.15) is 18.3 Å². The van der Waals surface area contributed by atoms with Crippen molar-refractivity contribution in [2.45, 2.75) is 42.7 Å². The van der Waals surface area contributed by atoms with Crippen LogP contribution < -0.4 is 5.32 Å². The molecule has 0 aliphatic carbocycles. The van der Waals surface area contributed by atoms with E-state index in [2.05, 4.69) is 10.1 Å². The number of alkyl carbamates (subject to hydrolysis) is 1. The third-order valence-electron chi connectivity index (χ3n) is 3.31. The zero-order valence-corrected chi connectivity index (χ0v) is 11.6. The number of aliphatic hydroxyl groups excluding tert-OH is 4. The Morgan fingerprint density at radius 2 is 2.05 bits per heavy atom. The van der Waals surface area contributed by atoms with Crippen LogP contribution in [0.5, 0.6) is 0 Å². The summed E-state index contributed by atoms with van der Waals surface area (Å²) in [6, 6.07) is -1.39. The van der Waals surface area contributed by atoms with Gasteiger partial charge in [-0.05, 0) is 0 Å². The van der Waals surface area contributed by atoms with E-state index in [-0.39, 0.29) is 0 Å². The van der Waals surface area contributed by atoms with Crippen LogP contribution in [0.15, 0.2) is 0 Å². The summed E-state index contributed by atoms with van der Waals surface area (Å²) < 4.78 is 9.18. The molecule has 0 aromatic carbocycles. The first kappa shape index (κ1) is 18.5. The van der Waals surface area contributed by atoms with Gasteiger partial charge in [0.15, 0.2) is 0 Å². The zero-order valence-electron chi connectivity index (χ0n) is 11.6. The largest absolute Gasteiger partial charge is 0.477 e. The van der Waals surface area contributed by atoms with Crippen molar-refractivity contribution in [3.63, 3.8) is 0 Å². The molecule has 11 nitrogen and oxygen atoms in total. The molecule has 1 amide bonds. The summed E-state index contributed by atoms with van der Waals surface area (Å²) in [7, 11) is 1.03. The predicted octanol–water partition coefficient (Wildman–Crippen LogP) is -3.65. The average Bonchev–Trinajstić information content (AvgIpc) is 2.47. The lowest BCUT2D eigenvalue weighted by Gasteiger charge is -2.44. The lowest BCUT2D eigenvalue weighted by atomic mass is 9.89. The Balaban J connectivity index is 3.07. The van der Waals surface area contributed by atoms with Gasteiger partial charge in [-0.3, -0.25) is 0 Å². The molecule has 0 saturated carbocycles. The van der Waals surface area contributed by atoms with Crippen molar-refractivity contribution < 1.29 is 49.7 Å². The maximum absolute atomic E-state index is 11.3. The minimum Gasteiger partial charge on any atom is -0.477 e. The number of amides is 1. The van der Waals surface area contributed by atoms with Crippen LogP contribution in [0.2, 0.25) is 0 Å². The van der Waals surface area contributed by atoms with Gasteiger partial charge in [-0.2, -0.15) is 0 Å². The van der Waals surface area contributed by atoms with Crippen LogP contribution in [0.3, 0.4) is 0 Å². The lowest BCUT2D eigenvalue weighted by molar-refractivity contribution is -0.294. The van der Waals surface area contributed by atoms with E-state index >= 15 is 0 Å². The summed E-state index contributed by atoms with van der Waals surface area (Å²) in [6.07, 6.45) is -8.80. The highest BCUT2D eigenvalue weighted by Gasteiger charge is 2.54. The van der Waals surface area contributed by atoms with Gasteiger partial charge in [0.2, 0.25) is 0 Å². The molecule has 0 aromatic heterocycles. The van der Waals surface area contributed by atoms with E-state index < -0.39 is 61.3 Å². The molecule has 11 heteroatoms. The van der Waals surface area contributed by atoms with E-state index in [1.165, 1.54) is 0 Å². The molecular weight excluding hydrogens is 306 g/mol. The van der Waals surface area contributed by atoms with Crippen molar-refractivity contribution in [3.8, 4) is 0 Å². The van der Waals surface area contributed by atoms with Crippen molar-refractivity contribution in [1.82, 2.24) is 5.32 Å². The third-order valence-corrected chi connectivity index (χ3v) is 3.31. The summed E-state index contributed by atoms with van der Waals surface area (Å²) in [5, 5.41) is 59.0. The number of carboxylic acid groups (broad SMARTS) is 1. The minimum absolute atomic E-state index is 0.796. The van der Waals surface area contributed by atoms with Gasteiger partial charge in [0, 0.05) is 6.42 Å². The molecule has 0 spiro atoms. The van der Waals surface area contributed by atoms with Crippen LogP contribution in [0.4, 0.5) is 4.79 Å². The topological polar surface area (TPSA) is 186 Å². The molecule has 1 unspecified atom stereocenters. The first-order valence-electron chi connectivity index (χ1n) is 6.29. The Morgan fingerprint density at radius 1 is 1.45 bits per heavy atom. The number of aliphatic carboxylic acids is 1. The van der Waals surface area contributed by atoms with Gasteiger partial charge in [-0.15, -0.1) is 0 Å². The standard InChI is InChI=1S/C11H19NO10/c1-21-10(19)12-6-4(14)2-11(20,9(17)18)22-8(6)7(16)5(15)3-13/h4-8,13-16,20H,2-3H2,1H3,(H,12,19)(H,17,18)/t4-,5+,6+,7+,8+,11?/m0/s1. The molecule has 0 bridgehead atoms. The minimum atomic E-state index is -2.82. The first-order valence-corrected chi connectivity index (χ1v) is 6.29. The highest BCUT2D eigenvalue weighted by atomic mass is 16.7. The second-order valence-corrected chi connectivity index (χ2v) is 4.85. The number of carboxylic acids is 1. The van der Waals surface area contributed by atoms with Gasteiger partial charge in [0.05, 0.1) is 25.9 Å². The predicted molar refractivity (Wildman–Crippen MR) is 66.5 cm³/mol. The van der Waals surface area contributed by atoms with Crippen molar-refractivity contribution in [2.24, 2.45) is 0 Å². The van der Waals surface area contributed by atoms with Crippen molar-refractivity contribution in [3.05, 3.63) is 0 Å². The quantitative estimate of drug-likeness (QED) is 0.266. The Morgan fingerprint density at radius 3 is 2.50 bits per heavy atom. The number of ether oxygens (including phenoxy) is 2. The summed E-state index contributed by atoms with van der Waals surface area (Å²) >= 11 is 0. The van der Waals surface area contributed by atoms with Crippen LogP contribution in [0.1, 0.15) is 6.42 Å². The van der Waals surface area contributed by atoms with Crippen molar-refractivity contribution >= 4 is 12.1 Å². The van der Waals surface area contributed by atoms with Crippen LogP contribution >= 0.6 is 0 Å². The van der Waals surface area contributed by atoms with Crippen LogP contribution in [0.25, 0.3) is 0 Å². The van der Waals surface area contributed by atoms with E-state index in [4.69, 9.17) is 14.9 Å². The summed E-state index contributed by atoms with van der Waals surface area (Å²) in [5.74, 6) is -4.65. The third kappa shape index (κ3) is 3.82. The number of carbonyl (C=O) groups excluding carboxylic acids is 1. The molecule has 1 aliphatic heterocycles. The van der Waals surface area contributed by atoms with Crippen LogP contribution in [-0.4, -0.2) is 92.7 Å². The molecule has 0 aromatic rings. The Labute approximate surface area is 124 Å². The monoisotopic (exact) mass is 325 g/mol. The number of carbonyl (C=O) groups is 2. The van der Waals surface area contributed by atoms with E-state index in [1.807, 2.05) is 0 Å². The number of methoxy groups -OCH3 is 1. The maximum atomic E-state index is 11.3. The second-order valence-electron chi connectivity index (χ2n) is 4.85. The Bertz CT molecular complexity index is 418. The molecule has 1 heterocycles. The van der Waals surface area contributed by atoms with Crippen molar-refractivity contribution in [1.29, 1.82) is 0 Å². The van der Waals surface area contributed by atoms with Gasteiger partial charge >= 0.3 is 12.1 Å². The average molecular weight is 325 g/mol. The number of rotatable bonds is 5. The molecule has 22 heavy (non-hydrogen) atoms. The SMILES string of the molecule is COC(=O)N[C@H]1[C@H]([C@H](O)[C@H](O)CO)OC(O)(C(=O)O)C[C@@H]1O. The fourth-order valence-electron chi connectivity index (χ4n) is 2.10. The van der Waals surface area contributed by atoms with Gasteiger partial charge in [-0.1, -0.05) is 0 Å². The van der Waals surface area contributed by atoms with E-state index in [0.717, 1.165) is 7.11 Å². The summed E-state index contributed by atoms with van der Waals surface area (Å²) in [4.78, 5) is 22.3. The molecule has 7 N–H and O–H groups in total. The fourth-order valence-corrected chi connectivity index (χ4v) is 2.10. The highest BCUT2D eigenvalue weighted by Crippen LogP contribution is 2.30. The Hall–Kier alpha value is -1.50. The normalized spacial score (nSPS) is 34.5. The summed E-state index contributed by atoms with van der Waals surface area (Å²) in [5.41, 5.74) is 0. The van der Waals surface area contributed by atoms with Gasteiger partial charge in [-0.25, -0.2) is 9.59 Å². The first-order chi connectivity index (χ1) is 10.2. The number of nitrogens with one attached hydrogen (secondary N) is 1. The molecule has 1 rings (SSSR count). The molecule has 1 aliphatic rings. The van der Waals surface area contributed by atoms with Crippen molar-refractivity contribution in [2.75, 3.05) is 13.7 Å². The Kier molecular flexibility index (Phi) is 6.05. The second kappa shape index (κ2) is 7.17.